The standard InChI is InChI=1S/C15H20N6O/c22-15(12-4-1-2-5-12)17-8-7-16-13-10-14(19-11-18-13)21-9-3-6-20-21/h3,6,9-12H,1-2,4-5,7-8H2,(H,17,22)(H,16,18,19). The normalized spacial score (nSPS) is 14.9. The van der Waals surface area contributed by atoms with Crippen molar-refractivity contribution in [3.8, 4) is 5.82 Å². The first-order chi connectivity index (χ1) is 10.8. The lowest BCUT2D eigenvalue weighted by atomic mass is 10.1. The van der Waals surface area contributed by atoms with Crippen molar-refractivity contribution in [3.63, 3.8) is 0 Å². The molecule has 1 aliphatic rings. The van der Waals surface area contributed by atoms with E-state index in [1.165, 1.54) is 19.2 Å². The minimum absolute atomic E-state index is 0.180. The van der Waals surface area contributed by atoms with E-state index in [0.29, 0.717) is 18.9 Å². The van der Waals surface area contributed by atoms with Gasteiger partial charge >= 0.3 is 0 Å². The Morgan fingerprint density at radius 1 is 1.27 bits per heavy atom. The van der Waals surface area contributed by atoms with Crippen LogP contribution in [0.5, 0.6) is 0 Å². The van der Waals surface area contributed by atoms with Crippen LogP contribution in [-0.2, 0) is 4.79 Å². The number of carbonyl (C=O) groups excluding carboxylic acids is 1. The van der Waals surface area contributed by atoms with Crippen LogP contribution in [0.2, 0.25) is 0 Å². The van der Waals surface area contributed by atoms with E-state index in [-0.39, 0.29) is 11.8 Å². The lowest BCUT2D eigenvalue weighted by molar-refractivity contribution is -0.124. The molecule has 7 nitrogen and oxygen atoms in total. The van der Waals surface area contributed by atoms with E-state index in [4.69, 9.17) is 0 Å². The molecule has 116 valence electrons. The number of anilines is 1. The molecule has 1 fully saturated rings. The molecular weight excluding hydrogens is 280 g/mol. The highest BCUT2D eigenvalue weighted by atomic mass is 16.1. The predicted molar refractivity (Wildman–Crippen MR) is 82.6 cm³/mol. The van der Waals surface area contributed by atoms with Gasteiger partial charge in [0.15, 0.2) is 5.82 Å². The summed E-state index contributed by atoms with van der Waals surface area (Å²) in [5.74, 6) is 1.82. The van der Waals surface area contributed by atoms with Gasteiger partial charge in [0.2, 0.25) is 5.91 Å². The Bertz CT molecular complexity index is 606. The van der Waals surface area contributed by atoms with Crippen LogP contribution in [0, 0.1) is 5.92 Å². The van der Waals surface area contributed by atoms with Crippen molar-refractivity contribution in [2.45, 2.75) is 25.7 Å². The molecule has 0 atom stereocenters. The van der Waals surface area contributed by atoms with Crippen molar-refractivity contribution in [2.75, 3.05) is 18.4 Å². The lowest BCUT2D eigenvalue weighted by Crippen LogP contribution is -2.33. The monoisotopic (exact) mass is 300 g/mol. The van der Waals surface area contributed by atoms with Crippen molar-refractivity contribution in [1.29, 1.82) is 0 Å². The highest BCUT2D eigenvalue weighted by Gasteiger charge is 2.21. The molecule has 0 radical (unpaired) electrons. The number of rotatable bonds is 6. The van der Waals surface area contributed by atoms with E-state index < -0.39 is 0 Å². The molecule has 7 heteroatoms. The second-order valence-corrected chi connectivity index (χ2v) is 5.41. The molecule has 1 aliphatic carbocycles. The Balaban J connectivity index is 1.45. The van der Waals surface area contributed by atoms with Gasteiger partial charge in [0.1, 0.15) is 12.1 Å². The number of carbonyl (C=O) groups is 1. The minimum atomic E-state index is 0.180. The summed E-state index contributed by atoms with van der Waals surface area (Å²) < 4.78 is 1.68. The zero-order chi connectivity index (χ0) is 15.2. The Morgan fingerprint density at radius 2 is 2.14 bits per heavy atom. The molecule has 0 unspecified atom stereocenters. The Morgan fingerprint density at radius 3 is 2.91 bits per heavy atom. The van der Waals surface area contributed by atoms with Gasteiger partial charge in [-0.2, -0.15) is 5.10 Å². The zero-order valence-corrected chi connectivity index (χ0v) is 12.4. The molecule has 0 aliphatic heterocycles. The summed E-state index contributed by atoms with van der Waals surface area (Å²) in [6.07, 6.45) is 9.43. The average Bonchev–Trinajstić information content (AvgIpc) is 3.24. The van der Waals surface area contributed by atoms with E-state index in [9.17, 15) is 4.79 Å². The molecule has 0 bridgehead atoms. The first-order valence-corrected chi connectivity index (χ1v) is 7.66. The van der Waals surface area contributed by atoms with Gasteiger partial charge in [-0.05, 0) is 18.9 Å². The summed E-state index contributed by atoms with van der Waals surface area (Å²) in [4.78, 5) is 20.2. The van der Waals surface area contributed by atoms with Gasteiger partial charge in [-0.3, -0.25) is 4.79 Å². The van der Waals surface area contributed by atoms with Gasteiger partial charge in [0, 0.05) is 37.5 Å². The van der Waals surface area contributed by atoms with E-state index in [0.717, 1.165) is 18.7 Å². The molecule has 2 N–H and O–H groups in total. The second-order valence-electron chi connectivity index (χ2n) is 5.41. The third-order valence-corrected chi connectivity index (χ3v) is 3.85. The largest absolute Gasteiger partial charge is 0.368 e. The van der Waals surface area contributed by atoms with Gasteiger partial charge in [-0.25, -0.2) is 14.6 Å². The van der Waals surface area contributed by atoms with Crippen LogP contribution >= 0.6 is 0 Å². The number of nitrogens with zero attached hydrogens (tertiary/aromatic N) is 4. The van der Waals surface area contributed by atoms with Gasteiger partial charge in [-0.15, -0.1) is 0 Å². The van der Waals surface area contributed by atoms with E-state index in [1.807, 2.05) is 18.3 Å². The smallest absolute Gasteiger partial charge is 0.223 e. The maximum absolute atomic E-state index is 11.9. The lowest BCUT2D eigenvalue weighted by Gasteiger charge is -2.11. The molecule has 2 aromatic heterocycles. The molecule has 3 rings (SSSR count). The van der Waals surface area contributed by atoms with Gasteiger partial charge in [0.25, 0.3) is 0 Å². The van der Waals surface area contributed by atoms with Crippen molar-refractivity contribution < 1.29 is 4.79 Å². The number of hydrogen-bond acceptors (Lipinski definition) is 5. The Kier molecular flexibility index (Phi) is 4.62. The summed E-state index contributed by atoms with van der Waals surface area (Å²) in [6.45, 7) is 1.23. The molecule has 1 amide bonds. The van der Waals surface area contributed by atoms with Crippen LogP contribution in [-0.4, -0.2) is 38.7 Å². The zero-order valence-electron chi connectivity index (χ0n) is 12.4. The van der Waals surface area contributed by atoms with Crippen LogP contribution in [0.25, 0.3) is 5.82 Å². The Hall–Kier alpha value is -2.44. The molecule has 1 saturated carbocycles. The van der Waals surface area contributed by atoms with Gasteiger partial charge in [0.05, 0.1) is 0 Å². The van der Waals surface area contributed by atoms with Crippen molar-refractivity contribution in [3.05, 3.63) is 30.9 Å². The molecule has 22 heavy (non-hydrogen) atoms. The number of aromatic nitrogens is 4. The minimum Gasteiger partial charge on any atom is -0.368 e. The fraction of sp³-hybridized carbons (Fsp3) is 0.467. The molecule has 2 heterocycles. The number of amides is 1. The van der Waals surface area contributed by atoms with Crippen LogP contribution in [0.4, 0.5) is 5.82 Å². The van der Waals surface area contributed by atoms with E-state index in [2.05, 4.69) is 25.7 Å². The maximum atomic E-state index is 11.9. The molecule has 2 aromatic rings. The second kappa shape index (κ2) is 7.02. The first-order valence-electron chi connectivity index (χ1n) is 7.66. The van der Waals surface area contributed by atoms with Crippen LogP contribution in [0.15, 0.2) is 30.9 Å². The fourth-order valence-corrected chi connectivity index (χ4v) is 2.68. The van der Waals surface area contributed by atoms with E-state index in [1.54, 1.807) is 10.9 Å². The quantitative estimate of drug-likeness (QED) is 0.787. The number of nitrogens with one attached hydrogen (secondary N) is 2. The molecule has 0 aromatic carbocycles. The third-order valence-electron chi connectivity index (χ3n) is 3.85. The summed E-state index contributed by atoms with van der Waals surface area (Å²) in [5, 5.41) is 10.3. The summed E-state index contributed by atoms with van der Waals surface area (Å²) in [7, 11) is 0. The third kappa shape index (κ3) is 3.60. The van der Waals surface area contributed by atoms with Crippen LogP contribution < -0.4 is 10.6 Å². The first kappa shape index (κ1) is 14.5. The topological polar surface area (TPSA) is 84.7 Å². The van der Waals surface area contributed by atoms with Crippen molar-refractivity contribution in [2.24, 2.45) is 5.92 Å². The summed E-state index contributed by atoms with van der Waals surface area (Å²) in [6, 6.07) is 3.67. The highest BCUT2D eigenvalue weighted by Crippen LogP contribution is 2.24. The van der Waals surface area contributed by atoms with Crippen molar-refractivity contribution >= 4 is 11.7 Å². The average molecular weight is 300 g/mol. The summed E-state index contributed by atoms with van der Waals surface area (Å²) in [5.41, 5.74) is 0. The number of hydrogen-bond donors (Lipinski definition) is 2. The van der Waals surface area contributed by atoms with E-state index >= 15 is 0 Å². The molecular formula is C15H20N6O. The highest BCUT2D eigenvalue weighted by molar-refractivity contribution is 5.78. The van der Waals surface area contributed by atoms with Crippen molar-refractivity contribution in [1.82, 2.24) is 25.1 Å². The Labute approximate surface area is 129 Å². The SMILES string of the molecule is O=C(NCCNc1cc(-n2cccn2)ncn1)C1CCCC1. The molecule has 0 saturated heterocycles. The van der Waals surface area contributed by atoms with Gasteiger partial charge in [-0.1, -0.05) is 12.8 Å². The summed E-state index contributed by atoms with van der Waals surface area (Å²) >= 11 is 0. The van der Waals surface area contributed by atoms with Crippen LogP contribution in [0.1, 0.15) is 25.7 Å². The molecule has 0 spiro atoms. The van der Waals surface area contributed by atoms with Crippen LogP contribution in [0.3, 0.4) is 0 Å². The fourth-order valence-electron chi connectivity index (χ4n) is 2.68. The van der Waals surface area contributed by atoms with Gasteiger partial charge < -0.3 is 10.6 Å². The maximum Gasteiger partial charge on any atom is 0.223 e. The predicted octanol–water partition coefficient (Wildman–Crippen LogP) is 1.38.